The Bertz CT molecular complexity index is 239. The van der Waals surface area contributed by atoms with Crippen molar-refractivity contribution < 1.29 is 9.53 Å². The lowest BCUT2D eigenvalue weighted by Gasteiger charge is -2.26. The Morgan fingerprint density at radius 3 is 2.31 bits per heavy atom. The van der Waals surface area contributed by atoms with Gasteiger partial charge in [0.25, 0.3) is 0 Å². The number of nitrogens with one attached hydrogen (secondary N) is 1. The van der Waals surface area contributed by atoms with E-state index in [-0.39, 0.29) is 18.0 Å². The summed E-state index contributed by atoms with van der Waals surface area (Å²) in [5.74, 6) is 0.410. The van der Waals surface area contributed by atoms with Crippen LogP contribution in [0.15, 0.2) is 0 Å². The molecular formula is C11H23N3O2. The Labute approximate surface area is 97.4 Å². The average molecular weight is 229 g/mol. The number of hydrogen-bond donors (Lipinski definition) is 2. The maximum atomic E-state index is 11.7. The first-order valence-corrected chi connectivity index (χ1v) is 5.60. The summed E-state index contributed by atoms with van der Waals surface area (Å²) in [5, 5.41) is 7.14. The van der Waals surface area contributed by atoms with Crippen molar-refractivity contribution in [3.8, 4) is 0 Å². The maximum absolute atomic E-state index is 11.7. The SMILES string of the molecule is CC(C)COC(=O)N(CCC(=N)N)C(C)C. The van der Waals surface area contributed by atoms with Crippen molar-refractivity contribution in [2.75, 3.05) is 13.2 Å². The number of rotatable bonds is 6. The monoisotopic (exact) mass is 229 g/mol. The van der Waals surface area contributed by atoms with Gasteiger partial charge in [0.1, 0.15) is 0 Å². The largest absolute Gasteiger partial charge is 0.449 e. The molecule has 5 nitrogen and oxygen atoms in total. The molecule has 0 bridgehead atoms. The lowest BCUT2D eigenvalue weighted by molar-refractivity contribution is 0.0833. The fourth-order valence-electron chi connectivity index (χ4n) is 1.12. The molecule has 0 atom stereocenters. The van der Waals surface area contributed by atoms with Crippen LogP contribution < -0.4 is 5.73 Å². The van der Waals surface area contributed by atoms with Gasteiger partial charge in [-0.05, 0) is 19.8 Å². The van der Waals surface area contributed by atoms with Crippen molar-refractivity contribution >= 4 is 11.9 Å². The van der Waals surface area contributed by atoms with Crippen molar-refractivity contribution in [1.29, 1.82) is 5.41 Å². The van der Waals surface area contributed by atoms with E-state index >= 15 is 0 Å². The molecular weight excluding hydrogens is 206 g/mol. The molecule has 1 amide bonds. The molecule has 0 aromatic carbocycles. The number of amides is 1. The number of nitrogens with two attached hydrogens (primary N) is 1. The summed E-state index contributed by atoms with van der Waals surface area (Å²) < 4.78 is 5.13. The Morgan fingerprint density at radius 2 is 1.94 bits per heavy atom. The number of amidine groups is 1. The predicted molar refractivity (Wildman–Crippen MR) is 64.6 cm³/mol. The zero-order valence-corrected chi connectivity index (χ0v) is 10.6. The molecule has 0 radical (unpaired) electrons. The van der Waals surface area contributed by atoms with E-state index in [4.69, 9.17) is 15.9 Å². The minimum absolute atomic E-state index is 0.0546. The summed E-state index contributed by atoms with van der Waals surface area (Å²) in [6, 6.07) is 0.0546. The third-order valence-electron chi connectivity index (χ3n) is 2.02. The minimum Gasteiger partial charge on any atom is -0.449 e. The number of carbonyl (C=O) groups is 1. The van der Waals surface area contributed by atoms with Gasteiger partial charge in [-0.2, -0.15) is 0 Å². The maximum Gasteiger partial charge on any atom is 0.410 e. The number of ether oxygens (including phenoxy) is 1. The third kappa shape index (κ3) is 6.27. The lowest BCUT2D eigenvalue weighted by atomic mass is 10.2. The normalized spacial score (nSPS) is 10.6. The minimum atomic E-state index is -0.329. The van der Waals surface area contributed by atoms with E-state index in [1.165, 1.54) is 0 Å². The third-order valence-corrected chi connectivity index (χ3v) is 2.02. The van der Waals surface area contributed by atoms with Crippen molar-refractivity contribution in [3.05, 3.63) is 0 Å². The first-order valence-electron chi connectivity index (χ1n) is 5.60. The van der Waals surface area contributed by atoms with Gasteiger partial charge in [-0.1, -0.05) is 13.8 Å². The molecule has 94 valence electrons. The second-order valence-electron chi connectivity index (χ2n) is 4.53. The van der Waals surface area contributed by atoms with E-state index in [1.54, 1.807) is 4.90 Å². The molecule has 0 saturated heterocycles. The molecule has 3 N–H and O–H groups in total. The summed E-state index contributed by atoms with van der Waals surface area (Å²) >= 11 is 0. The van der Waals surface area contributed by atoms with Crippen LogP contribution in [0.4, 0.5) is 4.79 Å². The highest BCUT2D eigenvalue weighted by Gasteiger charge is 2.18. The van der Waals surface area contributed by atoms with Crippen molar-refractivity contribution in [3.63, 3.8) is 0 Å². The van der Waals surface area contributed by atoms with Crippen LogP contribution in [0.3, 0.4) is 0 Å². The first-order chi connectivity index (χ1) is 7.34. The molecule has 0 aliphatic carbocycles. The zero-order chi connectivity index (χ0) is 12.7. The Morgan fingerprint density at radius 1 is 1.38 bits per heavy atom. The van der Waals surface area contributed by atoms with Gasteiger partial charge in [-0.3, -0.25) is 5.41 Å². The summed E-state index contributed by atoms with van der Waals surface area (Å²) in [5.41, 5.74) is 5.27. The summed E-state index contributed by atoms with van der Waals surface area (Å²) in [4.78, 5) is 13.3. The zero-order valence-electron chi connectivity index (χ0n) is 10.6. The Balaban J connectivity index is 4.19. The van der Waals surface area contributed by atoms with Crippen LogP contribution in [-0.4, -0.2) is 36.0 Å². The molecule has 0 rings (SSSR count). The summed E-state index contributed by atoms with van der Waals surface area (Å²) in [6.45, 7) is 8.66. The van der Waals surface area contributed by atoms with Crippen molar-refractivity contribution in [2.45, 2.75) is 40.2 Å². The van der Waals surface area contributed by atoms with Gasteiger partial charge < -0.3 is 15.4 Å². The molecule has 5 heteroatoms. The van der Waals surface area contributed by atoms with Gasteiger partial charge in [0.2, 0.25) is 0 Å². The van der Waals surface area contributed by atoms with E-state index in [2.05, 4.69) is 0 Å². The average Bonchev–Trinajstić information content (AvgIpc) is 2.13. The molecule has 0 aliphatic heterocycles. The highest BCUT2D eigenvalue weighted by atomic mass is 16.6. The molecule has 0 aliphatic rings. The second kappa shape index (κ2) is 7.09. The van der Waals surface area contributed by atoms with Crippen molar-refractivity contribution in [1.82, 2.24) is 4.90 Å². The second-order valence-corrected chi connectivity index (χ2v) is 4.53. The Hall–Kier alpha value is -1.26. The Kier molecular flexibility index (Phi) is 6.53. The molecule has 0 heterocycles. The van der Waals surface area contributed by atoms with Gasteiger partial charge in [0.05, 0.1) is 12.4 Å². The number of hydrogen-bond acceptors (Lipinski definition) is 3. The molecule has 0 aromatic heterocycles. The van der Waals surface area contributed by atoms with Crippen LogP contribution in [0.1, 0.15) is 34.1 Å². The molecule has 0 fully saturated rings. The quantitative estimate of drug-likeness (QED) is 0.538. The van der Waals surface area contributed by atoms with E-state index in [1.807, 2.05) is 27.7 Å². The molecule has 0 saturated carbocycles. The van der Waals surface area contributed by atoms with Gasteiger partial charge in [0.15, 0.2) is 0 Å². The number of carbonyl (C=O) groups excluding carboxylic acids is 1. The van der Waals surface area contributed by atoms with E-state index in [0.717, 1.165) is 0 Å². The van der Waals surface area contributed by atoms with Crippen molar-refractivity contribution in [2.24, 2.45) is 11.7 Å². The molecule has 0 spiro atoms. The van der Waals surface area contributed by atoms with Gasteiger partial charge in [-0.25, -0.2) is 4.79 Å². The fourth-order valence-corrected chi connectivity index (χ4v) is 1.12. The van der Waals surface area contributed by atoms with Gasteiger partial charge in [-0.15, -0.1) is 0 Å². The van der Waals surface area contributed by atoms with Crippen LogP contribution >= 0.6 is 0 Å². The lowest BCUT2D eigenvalue weighted by Crippen LogP contribution is -2.39. The predicted octanol–water partition coefficient (Wildman–Crippen LogP) is 1.82. The van der Waals surface area contributed by atoms with E-state index < -0.39 is 0 Å². The molecule has 0 unspecified atom stereocenters. The number of nitrogens with zero attached hydrogens (tertiary/aromatic N) is 1. The smallest absolute Gasteiger partial charge is 0.410 e. The van der Waals surface area contributed by atoms with Gasteiger partial charge >= 0.3 is 6.09 Å². The first kappa shape index (κ1) is 14.7. The summed E-state index contributed by atoms with van der Waals surface area (Å²) in [7, 11) is 0. The van der Waals surface area contributed by atoms with Crippen LogP contribution in [0.25, 0.3) is 0 Å². The fraction of sp³-hybridized carbons (Fsp3) is 0.818. The topological polar surface area (TPSA) is 79.4 Å². The standard InChI is InChI=1S/C11H23N3O2/c1-8(2)7-16-11(15)14(9(3)4)6-5-10(12)13/h8-9H,5-7H2,1-4H3,(H3,12,13). The van der Waals surface area contributed by atoms with Crippen LogP contribution in [0, 0.1) is 11.3 Å². The van der Waals surface area contributed by atoms with Crippen LogP contribution in [0.2, 0.25) is 0 Å². The van der Waals surface area contributed by atoms with E-state index in [9.17, 15) is 4.79 Å². The highest BCUT2D eigenvalue weighted by Crippen LogP contribution is 2.04. The molecule has 16 heavy (non-hydrogen) atoms. The van der Waals surface area contributed by atoms with Crippen LogP contribution in [-0.2, 0) is 4.74 Å². The van der Waals surface area contributed by atoms with Gasteiger partial charge in [0, 0.05) is 19.0 Å². The molecule has 0 aromatic rings. The highest BCUT2D eigenvalue weighted by molar-refractivity contribution is 5.77. The summed E-state index contributed by atoms with van der Waals surface area (Å²) in [6.07, 6.45) is 0.0551. The van der Waals surface area contributed by atoms with E-state index in [0.29, 0.717) is 25.5 Å². The van der Waals surface area contributed by atoms with Crippen LogP contribution in [0.5, 0.6) is 0 Å².